The molecule has 0 aromatic heterocycles. The zero-order valence-corrected chi connectivity index (χ0v) is 10.2. The number of carboxylic acid groups (broad SMARTS) is 1. The second-order valence-electron chi connectivity index (χ2n) is 2.62. The van der Waals surface area contributed by atoms with Crippen LogP contribution < -0.4 is 5.32 Å². The summed E-state index contributed by atoms with van der Waals surface area (Å²) in [6.07, 6.45) is 0. The minimum absolute atomic E-state index is 0.333. The van der Waals surface area contributed by atoms with Crippen molar-refractivity contribution in [2.24, 2.45) is 0 Å². The molecule has 80 valence electrons. The maximum Gasteiger partial charge on any atom is 0.327 e. The lowest BCUT2D eigenvalue weighted by atomic mass is 10.3. The summed E-state index contributed by atoms with van der Waals surface area (Å²) in [5.41, 5.74) is 0. The second-order valence-corrected chi connectivity index (χ2v) is 4.78. The number of nitrogens with one attached hydrogen (secondary N) is 1. The van der Waals surface area contributed by atoms with Crippen molar-refractivity contribution in [1.82, 2.24) is 5.32 Å². The topological polar surface area (TPSA) is 66.4 Å². The molecule has 0 aromatic carbocycles. The van der Waals surface area contributed by atoms with Crippen molar-refractivity contribution in [3.63, 3.8) is 0 Å². The Morgan fingerprint density at radius 3 is 2.57 bits per heavy atom. The Balaban J connectivity index is 3.91. The van der Waals surface area contributed by atoms with Crippen molar-refractivity contribution in [2.75, 3.05) is 11.5 Å². The Kier molecular flexibility index (Phi) is 6.65. The van der Waals surface area contributed by atoms with Crippen molar-refractivity contribution in [2.45, 2.75) is 13.0 Å². The third-order valence-electron chi connectivity index (χ3n) is 1.22. The average molecular weight is 282 g/mol. The van der Waals surface area contributed by atoms with Gasteiger partial charge in [0.2, 0.25) is 5.91 Å². The molecule has 0 aliphatic carbocycles. The van der Waals surface area contributed by atoms with Gasteiger partial charge in [0.25, 0.3) is 0 Å². The minimum atomic E-state index is -1.02. The molecule has 1 amide bonds. The first-order valence-electron chi connectivity index (χ1n) is 3.84. The van der Waals surface area contributed by atoms with E-state index in [2.05, 4.69) is 27.8 Å². The highest BCUT2D eigenvalue weighted by molar-refractivity contribution is 9.11. The Labute approximate surface area is 95.3 Å². The predicted octanol–water partition coefficient (Wildman–Crippen LogP) is 1.22. The molecule has 4 nitrogen and oxygen atoms in total. The van der Waals surface area contributed by atoms with Gasteiger partial charge in [0.05, 0.1) is 0 Å². The van der Waals surface area contributed by atoms with E-state index in [-0.39, 0.29) is 5.91 Å². The van der Waals surface area contributed by atoms with Crippen LogP contribution in [0.25, 0.3) is 0 Å². The van der Waals surface area contributed by atoms with Crippen LogP contribution in [0, 0.1) is 0 Å². The molecular formula is C8H12BrNO3S. The smallest absolute Gasteiger partial charge is 0.327 e. The Morgan fingerprint density at radius 2 is 2.21 bits per heavy atom. The van der Waals surface area contributed by atoms with Gasteiger partial charge in [0.1, 0.15) is 6.04 Å². The molecule has 14 heavy (non-hydrogen) atoms. The molecular weight excluding hydrogens is 270 g/mol. The molecule has 1 unspecified atom stereocenters. The lowest BCUT2D eigenvalue weighted by Crippen LogP contribution is -2.41. The summed E-state index contributed by atoms with van der Waals surface area (Å²) in [6.45, 7) is 4.91. The van der Waals surface area contributed by atoms with E-state index in [4.69, 9.17) is 5.11 Å². The van der Waals surface area contributed by atoms with E-state index in [1.54, 1.807) is 0 Å². The first-order valence-corrected chi connectivity index (χ1v) is 5.79. The predicted molar refractivity (Wildman–Crippen MR) is 60.6 cm³/mol. The van der Waals surface area contributed by atoms with E-state index in [1.807, 2.05) is 0 Å². The van der Waals surface area contributed by atoms with Gasteiger partial charge < -0.3 is 10.4 Å². The van der Waals surface area contributed by atoms with Crippen LogP contribution in [0.5, 0.6) is 0 Å². The van der Waals surface area contributed by atoms with Gasteiger partial charge >= 0.3 is 5.97 Å². The van der Waals surface area contributed by atoms with Gasteiger partial charge in [-0.25, -0.2) is 4.79 Å². The van der Waals surface area contributed by atoms with Crippen LogP contribution in [0.3, 0.4) is 0 Å². The summed E-state index contributed by atoms with van der Waals surface area (Å²) < 4.78 is 0.800. The molecule has 2 N–H and O–H groups in total. The summed E-state index contributed by atoms with van der Waals surface area (Å²) in [7, 11) is 0. The molecule has 0 fully saturated rings. The summed E-state index contributed by atoms with van der Waals surface area (Å²) in [5.74, 6) is -0.397. The molecule has 0 saturated carbocycles. The second kappa shape index (κ2) is 6.89. The van der Waals surface area contributed by atoms with Crippen molar-refractivity contribution in [3.05, 3.63) is 11.1 Å². The minimum Gasteiger partial charge on any atom is -0.480 e. The highest BCUT2D eigenvalue weighted by Crippen LogP contribution is 2.12. The van der Waals surface area contributed by atoms with Crippen LogP contribution in [0.2, 0.25) is 0 Å². The van der Waals surface area contributed by atoms with Crippen LogP contribution in [-0.2, 0) is 9.59 Å². The van der Waals surface area contributed by atoms with E-state index in [1.165, 1.54) is 18.7 Å². The SMILES string of the molecule is C=C(Br)CSCC(NC(C)=O)C(=O)O. The molecule has 0 aromatic rings. The number of thioether (sulfide) groups is 1. The van der Waals surface area contributed by atoms with Gasteiger partial charge in [-0.05, 0) is 4.48 Å². The zero-order chi connectivity index (χ0) is 11.1. The largest absolute Gasteiger partial charge is 0.480 e. The number of carboxylic acids is 1. The first kappa shape index (κ1) is 13.5. The highest BCUT2D eigenvalue weighted by atomic mass is 79.9. The van der Waals surface area contributed by atoms with Gasteiger partial charge in [-0.1, -0.05) is 22.5 Å². The van der Waals surface area contributed by atoms with Gasteiger partial charge in [0.15, 0.2) is 0 Å². The maximum absolute atomic E-state index is 10.6. The molecule has 0 heterocycles. The molecule has 1 atom stereocenters. The van der Waals surface area contributed by atoms with Gasteiger partial charge in [-0.2, -0.15) is 11.8 Å². The van der Waals surface area contributed by atoms with Crippen molar-refractivity contribution < 1.29 is 14.7 Å². The number of carbonyl (C=O) groups excluding carboxylic acids is 1. The van der Waals surface area contributed by atoms with Gasteiger partial charge in [-0.15, -0.1) is 0 Å². The van der Waals surface area contributed by atoms with Gasteiger partial charge in [0, 0.05) is 18.4 Å². The normalized spacial score (nSPS) is 11.9. The number of halogens is 1. The Morgan fingerprint density at radius 1 is 1.64 bits per heavy atom. The molecule has 0 saturated heterocycles. The van der Waals surface area contributed by atoms with Gasteiger partial charge in [-0.3, -0.25) is 4.79 Å². The molecule has 6 heteroatoms. The number of hydrogen-bond donors (Lipinski definition) is 2. The Bertz CT molecular complexity index is 245. The van der Waals surface area contributed by atoms with Crippen LogP contribution in [0.1, 0.15) is 6.92 Å². The molecule has 0 aliphatic rings. The zero-order valence-electron chi connectivity index (χ0n) is 7.75. The van der Waals surface area contributed by atoms with E-state index in [9.17, 15) is 9.59 Å². The molecule has 0 aliphatic heterocycles. The van der Waals surface area contributed by atoms with E-state index in [0.717, 1.165) is 4.48 Å². The standard InChI is InChI=1S/C8H12BrNO3S/c1-5(9)3-14-4-7(8(12)13)10-6(2)11/h7H,1,3-4H2,2H3,(H,10,11)(H,12,13). The van der Waals surface area contributed by atoms with E-state index >= 15 is 0 Å². The fourth-order valence-corrected chi connectivity index (χ4v) is 1.99. The number of hydrogen-bond acceptors (Lipinski definition) is 3. The molecule has 0 radical (unpaired) electrons. The molecule has 0 rings (SSSR count). The average Bonchev–Trinajstić information content (AvgIpc) is 2.00. The lowest BCUT2D eigenvalue weighted by Gasteiger charge is -2.12. The van der Waals surface area contributed by atoms with Crippen molar-refractivity contribution in [1.29, 1.82) is 0 Å². The van der Waals surface area contributed by atoms with Crippen LogP contribution in [-0.4, -0.2) is 34.5 Å². The third kappa shape index (κ3) is 6.97. The Hall–Kier alpha value is -0.490. The highest BCUT2D eigenvalue weighted by Gasteiger charge is 2.17. The van der Waals surface area contributed by atoms with E-state index < -0.39 is 12.0 Å². The third-order valence-corrected chi connectivity index (χ3v) is 2.99. The first-order chi connectivity index (χ1) is 6.43. The molecule has 0 spiro atoms. The number of carbonyl (C=O) groups is 2. The number of rotatable bonds is 6. The van der Waals surface area contributed by atoms with Crippen LogP contribution in [0.15, 0.2) is 11.1 Å². The lowest BCUT2D eigenvalue weighted by molar-refractivity contribution is -0.140. The van der Waals surface area contributed by atoms with Crippen molar-refractivity contribution in [3.8, 4) is 0 Å². The van der Waals surface area contributed by atoms with Crippen LogP contribution >= 0.6 is 27.7 Å². The summed E-state index contributed by atoms with van der Waals surface area (Å²) in [5, 5.41) is 11.1. The summed E-state index contributed by atoms with van der Waals surface area (Å²) in [6, 6.07) is -0.829. The number of amides is 1. The molecule has 0 bridgehead atoms. The quantitative estimate of drug-likeness (QED) is 0.768. The fourth-order valence-electron chi connectivity index (χ4n) is 0.708. The monoisotopic (exact) mass is 281 g/mol. The van der Waals surface area contributed by atoms with E-state index in [0.29, 0.717) is 11.5 Å². The summed E-state index contributed by atoms with van der Waals surface area (Å²) in [4.78, 5) is 21.3. The van der Waals surface area contributed by atoms with Crippen LogP contribution in [0.4, 0.5) is 0 Å². The van der Waals surface area contributed by atoms with Crippen molar-refractivity contribution >= 4 is 39.6 Å². The fraction of sp³-hybridized carbons (Fsp3) is 0.500. The number of aliphatic carboxylic acids is 1. The maximum atomic E-state index is 10.6. The summed E-state index contributed by atoms with van der Waals surface area (Å²) >= 11 is 4.56.